The zero-order valence-corrected chi connectivity index (χ0v) is 8.94. The van der Waals surface area contributed by atoms with E-state index in [1.807, 2.05) is 0 Å². The Kier molecular flexibility index (Phi) is 4.40. The van der Waals surface area contributed by atoms with Crippen LogP contribution in [0, 0.1) is 0 Å². The van der Waals surface area contributed by atoms with Crippen LogP contribution in [-0.2, 0) is 19.2 Å². The van der Waals surface area contributed by atoms with Crippen LogP contribution in [0.1, 0.15) is 17.1 Å². The van der Waals surface area contributed by atoms with Crippen LogP contribution in [0.3, 0.4) is 0 Å². The number of allylic oxidation sites excluding steroid dienone is 8. The Hall–Kier alpha value is 0.272. The van der Waals surface area contributed by atoms with E-state index in [9.17, 15) is 0 Å². The molecule has 12 heavy (non-hydrogen) atoms. The minimum atomic E-state index is 0. The Bertz CT molecular complexity index is 254. The van der Waals surface area contributed by atoms with Gasteiger partial charge in [-0.2, -0.15) is 0 Å². The van der Waals surface area contributed by atoms with Crippen LogP contribution in [0.4, 0.5) is 0 Å². The van der Waals surface area contributed by atoms with E-state index >= 15 is 0 Å². The predicted octanol–water partition coefficient (Wildman–Crippen LogP) is 0.0980. The number of hydrogen-bond acceptors (Lipinski definition) is 0. The van der Waals surface area contributed by atoms with Crippen molar-refractivity contribution in [3.63, 3.8) is 0 Å². The molecule has 0 aliphatic heterocycles. The second-order valence-corrected chi connectivity index (χ2v) is 5.17. The molecule has 0 aromatic heterocycles. The fraction of sp³-hybridized carbons (Fsp3) is 0.200. The maximum absolute atomic E-state index is 2.29. The van der Waals surface area contributed by atoms with E-state index in [0.29, 0.717) is 0 Å². The summed E-state index contributed by atoms with van der Waals surface area (Å²) >= 11 is 0.0833. The van der Waals surface area contributed by atoms with Crippen molar-refractivity contribution in [2.75, 3.05) is 0 Å². The molecule has 0 atom stereocenters. The van der Waals surface area contributed by atoms with Gasteiger partial charge in [-0.05, 0) is 0 Å². The van der Waals surface area contributed by atoms with Crippen molar-refractivity contribution in [1.29, 1.82) is 0 Å². The average molecular weight is 188 g/mol. The van der Waals surface area contributed by atoms with Gasteiger partial charge in [-0.25, -0.2) is 0 Å². The standard InChI is InChI=1S/2C5H5.Li.Ti.3H/c2*1-2-4-5-3-1;;;;;/h2*1-3H,4H2;;;;;/q;;+1;+2;3*-1. The van der Waals surface area contributed by atoms with Crippen molar-refractivity contribution in [3.05, 3.63) is 44.2 Å². The van der Waals surface area contributed by atoms with Gasteiger partial charge in [0.2, 0.25) is 0 Å². The van der Waals surface area contributed by atoms with Crippen molar-refractivity contribution in [2.45, 2.75) is 12.8 Å². The summed E-state index contributed by atoms with van der Waals surface area (Å²) in [6, 6.07) is 0. The molecule has 0 amide bonds. The van der Waals surface area contributed by atoms with E-state index in [4.69, 9.17) is 0 Å². The van der Waals surface area contributed by atoms with Crippen LogP contribution in [0.25, 0.3) is 0 Å². The summed E-state index contributed by atoms with van der Waals surface area (Å²) < 4.78 is 3.36. The van der Waals surface area contributed by atoms with Crippen molar-refractivity contribution in [3.8, 4) is 0 Å². The Balaban J connectivity index is -0.000000360. The maximum atomic E-state index is 2.29. The summed E-state index contributed by atoms with van der Waals surface area (Å²) in [6.45, 7) is 0. The van der Waals surface area contributed by atoms with Gasteiger partial charge in [0.1, 0.15) is 0 Å². The molecule has 0 spiro atoms. The van der Waals surface area contributed by atoms with Gasteiger partial charge in [0, 0.05) is 0 Å². The Labute approximate surface area is 99.1 Å². The summed E-state index contributed by atoms with van der Waals surface area (Å²) in [5.41, 5.74) is 0. The fourth-order valence-electron chi connectivity index (χ4n) is 1.29. The Morgan fingerprint density at radius 1 is 1.00 bits per heavy atom. The van der Waals surface area contributed by atoms with Crippen LogP contribution < -0.4 is 18.9 Å². The molecular weight excluding hydrogens is 175 g/mol. The third kappa shape index (κ3) is 2.64. The van der Waals surface area contributed by atoms with Crippen LogP contribution in [0.5, 0.6) is 0 Å². The van der Waals surface area contributed by atoms with Gasteiger partial charge in [-0.1, -0.05) is 0 Å². The summed E-state index contributed by atoms with van der Waals surface area (Å²) in [7, 11) is 0. The molecule has 0 nitrogen and oxygen atoms in total. The number of hydrogen-bond donors (Lipinski definition) is 0. The van der Waals surface area contributed by atoms with Gasteiger partial charge in [-0.3, -0.25) is 0 Å². The summed E-state index contributed by atoms with van der Waals surface area (Å²) in [5.74, 6) is 0. The molecule has 0 radical (unpaired) electrons. The molecule has 0 aromatic carbocycles. The SMILES string of the molecule is C1=CC[C]([Ti+2][C]2=CC=CC2)=C1.[H-].[H-].[H-].[Li+]. The zero-order chi connectivity index (χ0) is 7.52. The fourth-order valence-corrected chi connectivity index (χ4v) is 3.18. The summed E-state index contributed by atoms with van der Waals surface area (Å²) in [6.07, 6.45) is 15.9. The van der Waals surface area contributed by atoms with Gasteiger partial charge in [-0.15, -0.1) is 0 Å². The first-order chi connectivity index (χ1) is 5.45. The summed E-state index contributed by atoms with van der Waals surface area (Å²) in [4.78, 5) is 0. The molecular formula is C10H13LiTi. The average Bonchev–Trinajstić information content (AvgIpc) is 2.60. The topological polar surface area (TPSA) is 0 Å². The molecule has 0 heterocycles. The predicted molar refractivity (Wildman–Crippen MR) is 47.0 cm³/mol. The third-order valence-corrected chi connectivity index (χ3v) is 4.02. The van der Waals surface area contributed by atoms with Crippen LogP contribution in [-0.4, -0.2) is 0 Å². The van der Waals surface area contributed by atoms with E-state index in [2.05, 4.69) is 36.5 Å². The van der Waals surface area contributed by atoms with Gasteiger partial charge < -0.3 is 4.28 Å². The molecule has 0 aromatic rings. The maximum Gasteiger partial charge on any atom is 1.00 e. The second-order valence-electron chi connectivity index (χ2n) is 2.77. The quantitative estimate of drug-likeness (QED) is 0.539. The first-order valence-electron chi connectivity index (χ1n) is 3.93. The smallest absolute Gasteiger partial charge is 1.00 e. The van der Waals surface area contributed by atoms with E-state index in [1.165, 1.54) is 12.8 Å². The molecule has 2 aliphatic rings. The van der Waals surface area contributed by atoms with Crippen LogP contribution in [0.15, 0.2) is 44.2 Å². The first-order valence-corrected chi connectivity index (χ1v) is 5.50. The molecule has 0 N–H and O–H groups in total. The zero-order valence-electron chi connectivity index (χ0n) is 10.4. The Morgan fingerprint density at radius 3 is 1.83 bits per heavy atom. The van der Waals surface area contributed by atoms with Crippen molar-refractivity contribution >= 4 is 0 Å². The molecule has 2 heteroatoms. The van der Waals surface area contributed by atoms with Crippen molar-refractivity contribution in [1.82, 2.24) is 0 Å². The second kappa shape index (κ2) is 5.10. The van der Waals surface area contributed by atoms with Crippen LogP contribution >= 0.6 is 0 Å². The molecule has 0 unspecified atom stereocenters. The van der Waals surface area contributed by atoms with Crippen LogP contribution in [0.2, 0.25) is 0 Å². The number of rotatable bonds is 2. The molecule has 58 valence electrons. The minimum absolute atomic E-state index is 0. The van der Waals surface area contributed by atoms with Gasteiger partial charge in [0.25, 0.3) is 0 Å². The van der Waals surface area contributed by atoms with E-state index in [1.54, 1.807) is 7.76 Å². The molecule has 0 bridgehead atoms. The minimum Gasteiger partial charge on any atom is -1.00 e. The van der Waals surface area contributed by atoms with Gasteiger partial charge >= 0.3 is 95.1 Å². The normalized spacial score (nSPS) is 18.3. The largest absolute Gasteiger partial charge is 1.00 e. The van der Waals surface area contributed by atoms with E-state index in [0.717, 1.165) is 0 Å². The van der Waals surface area contributed by atoms with Crippen molar-refractivity contribution in [2.24, 2.45) is 0 Å². The van der Waals surface area contributed by atoms with Gasteiger partial charge in [0.15, 0.2) is 0 Å². The van der Waals surface area contributed by atoms with E-state index < -0.39 is 0 Å². The molecule has 0 saturated carbocycles. The first kappa shape index (κ1) is 10.4. The monoisotopic (exact) mass is 188 g/mol. The molecule has 2 aliphatic carbocycles. The van der Waals surface area contributed by atoms with E-state index in [-0.39, 0.29) is 42.3 Å². The Morgan fingerprint density at radius 2 is 1.50 bits per heavy atom. The molecule has 0 fully saturated rings. The molecule has 2 rings (SSSR count). The third-order valence-electron chi connectivity index (χ3n) is 1.86. The molecule has 0 saturated heterocycles. The summed E-state index contributed by atoms with van der Waals surface area (Å²) in [5, 5.41) is 0. The van der Waals surface area contributed by atoms with Crippen molar-refractivity contribution < 1.29 is 42.3 Å². The van der Waals surface area contributed by atoms with Gasteiger partial charge in [0.05, 0.1) is 0 Å².